The zero-order valence-corrected chi connectivity index (χ0v) is 15.3. The van der Waals surface area contributed by atoms with E-state index in [1.807, 2.05) is 0 Å². The first-order chi connectivity index (χ1) is 13.4. The molecular formula is C18H16N4O6. The lowest BCUT2D eigenvalue weighted by atomic mass is 10.1. The number of non-ortho nitro benzene ring substituents is 1. The van der Waals surface area contributed by atoms with Crippen molar-refractivity contribution in [3.8, 4) is 22.8 Å². The quantitative estimate of drug-likeness (QED) is 0.277. The van der Waals surface area contributed by atoms with Crippen molar-refractivity contribution >= 4 is 17.6 Å². The van der Waals surface area contributed by atoms with Gasteiger partial charge in [-0.3, -0.25) is 19.7 Å². The monoisotopic (exact) mass is 384 g/mol. The van der Waals surface area contributed by atoms with Crippen LogP contribution in [0.2, 0.25) is 0 Å². The van der Waals surface area contributed by atoms with Gasteiger partial charge in [-0.1, -0.05) is 0 Å². The molecule has 0 radical (unpaired) electrons. The molecule has 0 atom stereocenters. The van der Waals surface area contributed by atoms with Crippen LogP contribution >= 0.6 is 0 Å². The number of nitro benzene ring substituents is 1. The van der Waals surface area contributed by atoms with E-state index in [9.17, 15) is 15.3 Å². The number of nitro groups is 1. The SMILES string of the molecule is COc1cc(N=Cc2ccc([N+](=O)[O-])cc2)c(-c2no[n+]([O-])c2C)cc1OC. The van der Waals surface area contributed by atoms with Crippen LogP contribution in [-0.2, 0) is 0 Å². The summed E-state index contributed by atoms with van der Waals surface area (Å²) in [6.07, 6.45) is 1.54. The molecule has 0 amide bonds. The Morgan fingerprint density at radius 3 is 2.36 bits per heavy atom. The Kier molecular flexibility index (Phi) is 5.21. The molecule has 10 nitrogen and oxygen atoms in total. The zero-order chi connectivity index (χ0) is 20.3. The van der Waals surface area contributed by atoms with Crippen LogP contribution in [-0.4, -0.2) is 30.5 Å². The molecule has 0 aliphatic carbocycles. The van der Waals surface area contributed by atoms with E-state index < -0.39 is 4.92 Å². The summed E-state index contributed by atoms with van der Waals surface area (Å²) < 4.78 is 15.3. The van der Waals surface area contributed by atoms with E-state index in [4.69, 9.17) is 9.47 Å². The summed E-state index contributed by atoms with van der Waals surface area (Å²) in [5, 5.41) is 26.2. The summed E-state index contributed by atoms with van der Waals surface area (Å²) in [6.45, 7) is 1.57. The first-order valence-electron chi connectivity index (χ1n) is 8.05. The maximum atomic E-state index is 11.6. The van der Waals surface area contributed by atoms with Crippen molar-refractivity contribution in [2.45, 2.75) is 6.92 Å². The van der Waals surface area contributed by atoms with Gasteiger partial charge in [0.15, 0.2) is 11.5 Å². The predicted molar refractivity (Wildman–Crippen MR) is 99.1 cm³/mol. The summed E-state index contributed by atoms with van der Waals surface area (Å²) in [6, 6.07) is 9.22. The van der Waals surface area contributed by atoms with Gasteiger partial charge in [-0.2, -0.15) is 0 Å². The summed E-state index contributed by atoms with van der Waals surface area (Å²) >= 11 is 0. The average molecular weight is 384 g/mol. The molecule has 0 unspecified atom stereocenters. The minimum absolute atomic E-state index is 0.0119. The maximum absolute atomic E-state index is 11.6. The lowest BCUT2D eigenvalue weighted by Gasteiger charge is -2.10. The molecule has 0 saturated carbocycles. The van der Waals surface area contributed by atoms with Crippen molar-refractivity contribution in [1.29, 1.82) is 0 Å². The fourth-order valence-electron chi connectivity index (χ4n) is 2.53. The molecular weight excluding hydrogens is 368 g/mol. The third kappa shape index (κ3) is 3.61. The Morgan fingerprint density at radius 1 is 1.18 bits per heavy atom. The van der Waals surface area contributed by atoms with Gasteiger partial charge >= 0.3 is 0 Å². The molecule has 0 spiro atoms. The van der Waals surface area contributed by atoms with Crippen molar-refractivity contribution < 1.29 is 23.9 Å². The molecule has 144 valence electrons. The molecule has 3 aromatic rings. The Morgan fingerprint density at radius 2 is 1.82 bits per heavy atom. The van der Waals surface area contributed by atoms with Crippen molar-refractivity contribution in [2.75, 3.05) is 14.2 Å². The minimum Gasteiger partial charge on any atom is -0.493 e. The maximum Gasteiger partial charge on any atom is 0.269 e. The number of ether oxygens (including phenoxy) is 2. The number of aliphatic imine (C=N–C) groups is 1. The molecule has 3 rings (SSSR count). The van der Waals surface area contributed by atoms with Gasteiger partial charge in [0.1, 0.15) is 0 Å². The van der Waals surface area contributed by atoms with Gasteiger partial charge in [-0.25, -0.2) is 0 Å². The van der Waals surface area contributed by atoms with Crippen molar-refractivity contribution in [2.24, 2.45) is 4.99 Å². The predicted octanol–water partition coefficient (Wildman–Crippen LogP) is 2.96. The molecule has 0 N–H and O–H groups in total. The van der Waals surface area contributed by atoms with E-state index in [1.54, 1.807) is 31.2 Å². The number of hydrogen-bond donors (Lipinski definition) is 0. The number of rotatable bonds is 6. The number of nitrogens with zero attached hydrogens (tertiary/aromatic N) is 4. The van der Waals surface area contributed by atoms with Crippen LogP contribution in [0.5, 0.6) is 11.5 Å². The van der Waals surface area contributed by atoms with E-state index in [0.29, 0.717) is 38.9 Å². The van der Waals surface area contributed by atoms with Gasteiger partial charge < -0.3 is 14.7 Å². The molecule has 2 aromatic carbocycles. The lowest BCUT2D eigenvalue weighted by molar-refractivity contribution is -0.806. The third-order valence-corrected chi connectivity index (χ3v) is 4.04. The first-order valence-corrected chi connectivity index (χ1v) is 8.05. The van der Waals surface area contributed by atoms with Gasteiger partial charge in [0.05, 0.1) is 30.4 Å². The van der Waals surface area contributed by atoms with Crippen LogP contribution in [0.25, 0.3) is 11.3 Å². The molecule has 1 heterocycles. The van der Waals surface area contributed by atoms with E-state index in [2.05, 4.69) is 14.8 Å². The number of aromatic nitrogens is 2. The van der Waals surface area contributed by atoms with Gasteiger partial charge in [-0.15, -0.1) is 0 Å². The third-order valence-electron chi connectivity index (χ3n) is 4.04. The summed E-state index contributed by atoms with van der Waals surface area (Å²) in [4.78, 5) is 15.0. The van der Waals surface area contributed by atoms with Crippen molar-refractivity contribution in [3.05, 3.63) is 63.0 Å². The highest BCUT2D eigenvalue weighted by Crippen LogP contribution is 2.40. The molecule has 10 heteroatoms. The Balaban J connectivity index is 2.07. The lowest BCUT2D eigenvalue weighted by Crippen LogP contribution is -2.25. The molecule has 0 saturated heterocycles. The van der Waals surface area contributed by atoms with Gasteiger partial charge in [0.2, 0.25) is 5.69 Å². The highest BCUT2D eigenvalue weighted by Gasteiger charge is 2.22. The topological polar surface area (TPSA) is 127 Å². The molecule has 0 bridgehead atoms. The molecule has 28 heavy (non-hydrogen) atoms. The standard InChI is InChI=1S/C18H16N4O6/c1-11-18(20-28-22(11)25)14-8-16(26-2)17(27-3)9-15(14)19-10-12-4-6-13(7-5-12)21(23)24/h4-10H,1-3H3. The fraction of sp³-hybridized carbons (Fsp3) is 0.167. The van der Waals surface area contributed by atoms with Gasteiger partial charge in [-0.05, 0) is 28.7 Å². The van der Waals surface area contributed by atoms with Crippen LogP contribution < -0.4 is 14.4 Å². The molecule has 0 fully saturated rings. The van der Waals surface area contributed by atoms with E-state index in [1.165, 1.54) is 32.6 Å². The highest BCUT2D eigenvalue weighted by atomic mass is 16.8. The minimum atomic E-state index is -0.473. The van der Waals surface area contributed by atoms with E-state index in [0.717, 1.165) is 0 Å². The number of benzene rings is 2. The summed E-state index contributed by atoms with van der Waals surface area (Å²) in [5.41, 5.74) is 2.18. The first kappa shape index (κ1) is 18.8. The van der Waals surface area contributed by atoms with Crippen LogP contribution in [0.4, 0.5) is 11.4 Å². The zero-order valence-electron chi connectivity index (χ0n) is 15.3. The normalized spacial score (nSPS) is 11.0. The van der Waals surface area contributed by atoms with Crippen molar-refractivity contribution in [1.82, 2.24) is 5.16 Å². The van der Waals surface area contributed by atoms with Crippen LogP contribution in [0.15, 0.2) is 46.0 Å². The van der Waals surface area contributed by atoms with Gasteiger partial charge in [0, 0.05) is 36.5 Å². The molecule has 0 aliphatic rings. The van der Waals surface area contributed by atoms with Crippen LogP contribution in [0.3, 0.4) is 0 Å². The Labute approximate surface area is 159 Å². The second-order valence-electron chi connectivity index (χ2n) is 5.70. The smallest absolute Gasteiger partial charge is 0.269 e. The summed E-state index contributed by atoms with van der Waals surface area (Å²) in [5.74, 6) is 0.880. The second kappa shape index (κ2) is 7.74. The average Bonchev–Trinajstić information content (AvgIpc) is 3.04. The molecule has 0 aliphatic heterocycles. The van der Waals surface area contributed by atoms with Crippen LogP contribution in [0.1, 0.15) is 11.3 Å². The van der Waals surface area contributed by atoms with E-state index in [-0.39, 0.29) is 11.4 Å². The Bertz CT molecular complexity index is 1040. The second-order valence-corrected chi connectivity index (χ2v) is 5.70. The van der Waals surface area contributed by atoms with Gasteiger partial charge in [0.25, 0.3) is 11.4 Å². The van der Waals surface area contributed by atoms with Crippen molar-refractivity contribution in [3.63, 3.8) is 0 Å². The number of methoxy groups -OCH3 is 2. The Hall–Kier alpha value is -3.95. The number of hydrogen-bond acceptors (Lipinski definition) is 8. The van der Waals surface area contributed by atoms with E-state index >= 15 is 0 Å². The van der Waals surface area contributed by atoms with Crippen LogP contribution in [0, 0.1) is 22.2 Å². The molecule has 1 aromatic heterocycles. The highest BCUT2D eigenvalue weighted by molar-refractivity contribution is 5.86. The fourth-order valence-corrected chi connectivity index (χ4v) is 2.53. The largest absolute Gasteiger partial charge is 0.493 e. The summed E-state index contributed by atoms with van der Waals surface area (Å²) in [7, 11) is 2.99.